The molecule has 0 amide bonds. The van der Waals surface area contributed by atoms with Crippen LogP contribution in [0.1, 0.15) is 0 Å². The molecule has 18 heavy (non-hydrogen) atoms. The van der Waals surface area contributed by atoms with Gasteiger partial charge in [-0.2, -0.15) is 0 Å². The van der Waals surface area contributed by atoms with Gasteiger partial charge in [0.15, 0.2) is 0 Å². The first kappa shape index (κ1) is 13.3. The van der Waals surface area contributed by atoms with Crippen molar-refractivity contribution in [2.75, 3.05) is 31.2 Å². The average molecular weight is 311 g/mol. The second-order valence-electron chi connectivity index (χ2n) is 3.94. The molecule has 0 aliphatic heterocycles. The van der Waals surface area contributed by atoms with Crippen LogP contribution in [0.3, 0.4) is 0 Å². The molecule has 0 fully saturated rings. The maximum absolute atomic E-state index is 9.02. The van der Waals surface area contributed by atoms with E-state index < -0.39 is 0 Å². The van der Waals surface area contributed by atoms with Crippen molar-refractivity contribution in [1.82, 2.24) is 4.98 Å². The maximum Gasteiger partial charge on any atom is 0.129 e. The first-order valence-corrected chi connectivity index (χ1v) is 6.57. The Morgan fingerprint density at radius 1 is 1.06 bits per heavy atom. The van der Waals surface area contributed by atoms with Crippen molar-refractivity contribution in [3.8, 4) is 0 Å². The summed E-state index contributed by atoms with van der Waals surface area (Å²) in [5, 5.41) is 19.1. The first-order valence-electron chi connectivity index (χ1n) is 5.77. The molecule has 1 aromatic carbocycles. The van der Waals surface area contributed by atoms with Crippen LogP contribution in [0.25, 0.3) is 10.9 Å². The van der Waals surface area contributed by atoms with Crippen LogP contribution in [0, 0.1) is 0 Å². The van der Waals surface area contributed by atoms with E-state index in [0.29, 0.717) is 13.1 Å². The van der Waals surface area contributed by atoms with Crippen LogP contribution >= 0.6 is 15.9 Å². The van der Waals surface area contributed by atoms with Gasteiger partial charge in [0.25, 0.3) is 0 Å². The molecule has 2 aromatic rings. The van der Waals surface area contributed by atoms with Gasteiger partial charge in [0.2, 0.25) is 0 Å². The van der Waals surface area contributed by atoms with Gasteiger partial charge in [-0.1, -0.05) is 15.9 Å². The highest BCUT2D eigenvalue weighted by atomic mass is 79.9. The fraction of sp³-hybridized carbons (Fsp3) is 0.308. The molecule has 0 saturated heterocycles. The Hall–Kier alpha value is -1.17. The number of fused-ring (bicyclic) bond motifs is 1. The van der Waals surface area contributed by atoms with Gasteiger partial charge in [0.1, 0.15) is 5.82 Å². The van der Waals surface area contributed by atoms with Crippen LogP contribution in [-0.2, 0) is 0 Å². The summed E-state index contributed by atoms with van der Waals surface area (Å²) in [6, 6.07) is 9.79. The van der Waals surface area contributed by atoms with E-state index >= 15 is 0 Å². The summed E-state index contributed by atoms with van der Waals surface area (Å²) in [5.41, 5.74) is 0.900. The lowest BCUT2D eigenvalue weighted by molar-refractivity contribution is 0.280. The van der Waals surface area contributed by atoms with Crippen molar-refractivity contribution < 1.29 is 10.2 Å². The third-order valence-corrected chi connectivity index (χ3v) is 3.19. The Labute approximate surface area is 114 Å². The smallest absolute Gasteiger partial charge is 0.129 e. The third kappa shape index (κ3) is 2.98. The van der Waals surface area contributed by atoms with Crippen molar-refractivity contribution in [3.63, 3.8) is 0 Å². The molecule has 0 bridgehead atoms. The minimum atomic E-state index is 0.0417. The van der Waals surface area contributed by atoms with Crippen molar-refractivity contribution in [1.29, 1.82) is 0 Å². The summed E-state index contributed by atoms with van der Waals surface area (Å²) >= 11 is 3.43. The Morgan fingerprint density at radius 3 is 2.44 bits per heavy atom. The van der Waals surface area contributed by atoms with Crippen molar-refractivity contribution in [3.05, 3.63) is 34.8 Å². The summed E-state index contributed by atoms with van der Waals surface area (Å²) in [6.07, 6.45) is 0. The first-order chi connectivity index (χ1) is 8.74. The number of pyridine rings is 1. The molecule has 2 N–H and O–H groups in total. The lowest BCUT2D eigenvalue weighted by Gasteiger charge is -2.21. The Bertz CT molecular complexity index is 527. The standard InChI is InChI=1S/C13H15BrN2O2/c14-11-2-3-12-10(9-11)1-4-13(15-12)16(5-7-17)6-8-18/h1-4,9,17-18H,5-8H2. The van der Waals surface area contributed by atoms with Gasteiger partial charge in [-0.25, -0.2) is 4.98 Å². The largest absolute Gasteiger partial charge is 0.395 e. The maximum atomic E-state index is 9.02. The number of aliphatic hydroxyl groups excluding tert-OH is 2. The van der Waals surface area contributed by atoms with Crippen LogP contribution in [0.4, 0.5) is 5.82 Å². The number of benzene rings is 1. The van der Waals surface area contributed by atoms with Gasteiger partial charge in [0, 0.05) is 22.9 Å². The normalized spacial score (nSPS) is 10.8. The van der Waals surface area contributed by atoms with Gasteiger partial charge < -0.3 is 15.1 Å². The van der Waals surface area contributed by atoms with E-state index in [1.165, 1.54) is 0 Å². The number of hydrogen-bond acceptors (Lipinski definition) is 4. The fourth-order valence-corrected chi connectivity index (χ4v) is 2.22. The third-order valence-electron chi connectivity index (χ3n) is 2.70. The van der Waals surface area contributed by atoms with Crippen LogP contribution < -0.4 is 4.90 Å². The molecule has 2 rings (SSSR count). The minimum Gasteiger partial charge on any atom is -0.395 e. The Morgan fingerprint density at radius 2 is 1.78 bits per heavy atom. The Balaban J connectivity index is 2.35. The number of rotatable bonds is 5. The molecule has 96 valence electrons. The molecule has 0 atom stereocenters. The summed E-state index contributed by atoms with van der Waals surface area (Å²) in [7, 11) is 0. The lowest BCUT2D eigenvalue weighted by atomic mass is 10.2. The van der Waals surface area contributed by atoms with Gasteiger partial charge in [-0.3, -0.25) is 0 Å². The quantitative estimate of drug-likeness (QED) is 0.884. The number of aliphatic hydroxyl groups is 2. The zero-order valence-corrected chi connectivity index (χ0v) is 11.5. The highest BCUT2D eigenvalue weighted by molar-refractivity contribution is 9.10. The molecular weight excluding hydrogens is 296 g/mol. The van der Waals surface area contributed by atoms with Gasteiger partial charge in [0.05, 0.1) is 18.7 Å². The average Bonchev–Trinajstić information content (AvgIpc) is 2.38. The van der Waals surface area contributed by atoms with E-state index in [2.05, 4.69) is 20.9 Å². The minimum absolute atomic E-state index is 0.0417. The number of aromatic nitrogens is 1. The van der Waals surface area contributed by atoms with E-state index in [1.54, 1.807) is 0 Å². The van der Waals surface area contributed by atoms with Crippen molar-refractivity contribution >= 4 is 32.7 Å². The summed E-state index contributed by atoms with van der Waals surface area (Å²) in [4.78, 5) is 6.40. The van der Waals surface area contributed by atoms with Crippen LogP contribution in [-0.4, -0.2) is 41.5 Å². The van der Waals surface area contributed by atoms with Crippen LogP contribution in [0.2, 0.25) is 0 Å². The topological polar surface area (TPSA) is 56.6 Å². The molecule has 5 heteroatoms. The van der Waals surface area contributed by atoms with E-state index in [-0.39, 0.29) is 13.2 Å². The van der Waals surface area contributed by atoms with Crippen molar-refractivity contribution in [2.24, 2.45) is 0 Å². The van der Waals surface area contributed by atoms with E-state index in [9.17, 15) is 0 Å². The molecule has 1 aromatic heterocycles. The predicted octanol–water partition coefficient (Wildman–Crippen LogP) is 1.79. The highest BCUT2D eigenvalue weighted by Crippen LogP contribution is 2.21. The van der Waals surface area contributed by atoms with Gasteiger partial charge in [-0.15, -0.1) is 0 Å². The number of anilines is 1. The zero-order valence-electron chi connectivity index (χ0n) is 9.88. The van der Waals surface area contributed by atoms with Crippen molar-refractivity contribution in [2.45, 2.75) is 0 Å². The summed E-state index contributed by atoms with van der Waals surface area (Å²) in [5.74, 6) is 0.771. The predicted molar refractivity (Wildman–Crippen MR) is 75.8 cm³/mol. The fourth-order valence-electron chi connectivity index (χ4n) is 1.84. The molecule has 0 saturated carbocycles. The van der Waals surface area contributed by atoms with E-state index in [4.69, 9.17) is 10.2 Å². The molecule has 0 aliphatic rings. The SMILES string of the molecule is OCCN(CCO)c1ccc2cc(Br)ccc2n1. The molecule has 0 aliphatic carbocycles. The molecule has 4 nitrogen and oxygen atoms in total. The zero-order chi connectivity index (χ0) is 13.0. The van der Waals surface area contributed by atoms with E-state index in [0.717, 1.165) is 21.2 Å². The molecule has 0 unspecified atom stereocenters. The number of hydrogen-bond donors (Lipinski definition) is 2. The monoisotopic (exact) mass is 310 g/mol. The summed E-state index contributed by atoms with van der Waals surface area (Å²) in [6.45, 7) is 1.02. The molecular formula is C13H15BrN2O2. The molecule has 0 radical (unpaired) electrons. The van der Waals surface area contributed by atoms with Gasteiger partial charge in [-0.05, 0) is 30.3 Å². The van der Waals surface area contributed by atoms with Gasteiger partial charge >= 0.3 is 0 Å². The molecule has 0 spiro atoms. The number of halogens is 1. The second-order valence-corrected chi connectivity index (χ2v) is 4.86. The highest BCUT2D eigenvalue weighted by Gasteiger charge is 2.07. The van der Waals surface area contributed by atoms with Crippen LogP contribution in [0.5, 0.6) is 0 Å². The Kier molecular flexibility index (Phi) is 4.52. The number of nitrogens with zero attached hydrogens (tertiary/aromatic N) is 2. The molecule has 1 heterocycles. The summed E-state index contributed by atoms with van der Waals surface area (Å²) < 4.78 is 1.02. The van der Waals surface area contributed by atoms with E-state index in [1.807, 2.05) is 35.2 Å². The lowest BCUT2D eigenvalue weighted by Crippen LogP contribution is -2.30. The second kappa shape index (κ2) is 6.13. The van der Waals surface area contributed by atoms with Crippen LogP contribution in [0.15, 0.2) is 34.8 Å².